The molecule has 14 heavy (non-hydrogen) atoms. The lowest BCUT2D eigenvalue weighted by molar-refractivity contribution is 0.00623. The molecule has 0 aromatic rings. The van der Waals surface area contributed by atoms with E-state index in [0.717, 1.165) is 17.7 Å². The van der Waals surface area contributed by atoms with Crippen LogP contribution in [0.2, 0.25) is 0 Å². The van der Waals surface area contributed by atoms with Crippen LogP contribution >= 0.6 is 0 Å². The molecule has 0 aromatic carbocycles. The highest BCUT2D eigenvalue weighted by Gasteiger charge is 2.10. The van der Waals surface area contributed by atoms with Crippen LogP contribution in [0.5, 0.6) is 0 Å². The molecule has 0 fully saturated rings. The first-order chi connectivity index (χ1) is 6.76. The number of carbonyl (C=O) groups is 1. The smallest absolute Gasteiger partial charge is 0.322 e. The van der Waals surface area contributed by atoms with Crippen LogP contribution < -0.4 is 5.32 Å². The quantitative estimate of drug-likeness (QED) is 0.393. The number of nitrogens with one attached hydrogen (secondary N) is 1. The second kappa shape index (κ2) is 8.74. The van der Waals surface area contributed by atoms with Gasteiger partial charge in [0, 0.05) is 6.61 Å². The molecular weight excluding hydrogens is 188 g/mol. The van der Waals surface area contributed by atoms with Crippen molar-refractivity contribution in [3.63, 3.8) is 0 Å². The van der Waals surface area contributed by atoms with E-state index >= 15 is 0 Å². The molecule has 0 spiro atoms. The van der Waals surface area contributed by atoms with E-state index < -0.39 is 19.5 Å². The summed E-state index contributed by atoms with van der Waals surface area (Å²) in [5.41, 5.74) is 0. The van der Waals surface area contributed by atoms with Crippen molar-refractivity contribution in [1.29, 1.82) is 0 Å². The van der Waals surface area contributed by atoms with Crippen LogP contribution in [0.25, 0.3) is 0 Å². The molecule has 0 atom stereocenters. The average Bonchev–Trinajstić information content (AvgIpc) is 2.18. The van der Waals surface area contributed by atoms with Gasteiger partial charge in [-0.25, -0.2) is 4.79 Å². The minimum Gasteiger partial charge on any atom is -0.376 e. The van der Waals surface area contributed by atoms with Gasteiger partial charge in [-0.1, -0.05) is 13.3 Å². The Balaban J connectivity index is 3.62. The molecule has 3 N–H and O–H groups in total. The van der Waals surface area contributed by atoms with E-state index in [9.17, 15) is 4.79 Å². The SMILES string of the molecule is CCCCOCN(CO)C(=O)NCO. The third-order valence-corrected chi connectivity index (χ3v) is 1.58. The van der Waals surface area contributed by atoms with Gasteiger partial charge in [0.05, 0.1) is 0 Å². The number of carbonyl (C=O) groups excluding carboxylic acids is 1. The Morgan fingerprint density at radius 2 is 2.21 bits per heavy atom. The number of nitrogens with zero attached hydrogens (tertiary/aromatic N) is 1. The van der Waals surface area contributed by atoms with Crippen LogP contribution in [0.3, 0.4) is 0 Å². The zero-order valence-corrected chi connectivity index (χ0v) is 8.40. The lowest BCUT2D eigenvalue weighted by atomic mass is 10.4. The summed E-state index contributed by atoms with van der Waals surface area (Å²) in [4.78, 5) is 12.1. The predicted octanol–water partition coefficient (Wildman–Crippen LogP) is -0.328. The van der Waals surface area contributed by atoms with Crippen LogP contribution in [0.1, 0.15) is 19.8 Å². The fourth-order valence-corrected chi connectivity index (χ4v) is 0.764. The van der Waals surface area contributed by atoms with Crippen molar-refractivity contribution in [3.05, 3.63) is 0 Å². The average molecular weight is 206 g/mol. The third kappa shape index (κ3) is 5.74. The van der Waals surface area contributed by atoms with Crippen molar-refractivity contribution in [2.24, 2.45) is 0 Å². The molecule has 84 valence electrons. The summed E-state index contributed by atoms with van der Waals surface area (Å²) in [7, 11) is 0. The van der Waals surface area contributed by atoms with E-state index in [-0.39, 0.29) is 6.73 Å². The van der Waals surface area contributed by atoms with Gasteiger partial charge in [0.2, 0.25) is 0 Å². The standard InChI is InChI=1S/C8H18N2O4/c1-2-3-4-14-7-10(6-12)8(13)9-5-11/h11-12H,2-7H2,1H3,(H,9,13). The normalized spacial score (nSPS) is 9.93. The molecule has 0 heterocycles. The number of rotatable bonds is 7. The monoisotopic (exact) mass is 206 g/mol. The summed E-state index contributed by atoms with van der Waals surface area (Å²) in [6.45, 7) is 1.73. The number of aliphatic hydroxyl groups is 2. The molecule has 0 aliphatic carbocycles. The van der Waals surface area contributed by atoms with Gasteiger partial charge < -0.3 is 20.3 Å². The summed E-state index contributed by atoms with van der Waals surface area (Å²) < 4.78 is 5.12. The minimum atomic E-state index is -0.550. The maximum Gasteiger partial charge on any atom is 0.322 e. The summed E-state index contributed by atoms with van der Waals surface area (Å²) in [5.74, 6) is 0. The van der Waals surface area contributed by atoms with Gasteiger partial charge in [-0.15, -0.1) is 0 Å². The zero-order valence-electron chi connectivity index (χ0n) is 8.40. The summed E-state index contributed by atoms with van der Waals surface area (Å²) in [5, 5.41) is 19.3. The highest BCUT2D eigenvalue weighted by atomic mass is 16.5. The Bertz CT molecular complexity index is 154. The van der Waals surface area contributed by atoms with Crippen molar-refractivity contribution in [2.45, 2.75) is 19.8 Å². The maximum atomic E-state index is 11.1. The second-order valence-electron chi connectivity index (χ2n) is 2.71. The Morgan fingerprint density at radius 1 is 1.50 bits per heavy atom. The summed E-state index contributed by atoms with van der Waals surface area (Å²) >= 11 is 0. The third-order valence-electron chi connectivity index (χ3n) is 1.58. The van der Waals surface area contributed by atoms with E-state index in [4.69, 9.17) is 14.9 Å². The van der Waals surface area contributed by atoms with E-state index in [1.54, 1.807) is 0 Å². The van der Waals surface area contributed by atoms with Crippen LogP contribution in [0.15, 0.2) is 0 Å². The molecule has 0 saturated carbocycles. The zero-order chi connectivity index (χ0) is 10.8. The first kappa shape index (κ1) is 13.2. The molecule has 0 rings (SSSR count). The van der Waals surface area contributed by atoms with E-state index in [2.05, 4.69) is 5.32 Å². The molecule has 0 radical (unpaired) electrons. The van der Waals surface area contributed by atoms with Gasteiger partial charge in [-0.3, -0.25) is 4.90 Å². The number of amides is 2. The lowest BCUT2D eigenvalue weighted by Gasteiger charge is -2.19. The highest BCUT2D eigenvalue weighted by Crippen LogP contribution is 1.92. The van der Waals surface area contributed by atoms with Gasteiger partial charge in [-0.05, 0) is 6.42 Å². The number of ether oxygens (including phenoxy) is 1. The number of urea groups is 1. The van der Waals surface area contributed by atoms with Crippen LogP contribution in [0.4, 0.5) is 4.79 Å². The van der Waals surface area contributed by atoms with Gasteiger partial charge in [-0.2, -0.15) is 0 Å². The Labute approximate surface area is 83.5 Å². The largest absolute Gasteiger partial charge is 0.376 e. The van der Waals surface area contributed by atoms with Crippen molar-refractivity contribution >= 4 is 6.03 Å². The van der Waals surface area contributed by atoms with Crippen molar-refractivity contribution in [1.82, 2.24) is 10.2 Å². The topological polar surface area (TPSA) is 82.0 Å². The number of aliphatic hydroxyl groups excluding tert-OH is 2. The van der Waals surface area contributed by atoms with E-state index in [1.165, 1.54) is 0 Å². The summed E-state index contributed by atoms with van der Waals surface area (Å²) in [6, 6.07) is -0.550. The van der Waals surface area contributed by atoms with Crippen molar-refractivity contribution in [3.8, 4) is 0 Å². The van der Waals surface area contributed by atoms with E-state index in [0.29, 0.717) is 6.61 Å². The first-order valence-electron chi connectivity index (χ1n) is 4.58. The number of unbranched alkanes of at least 4 members (excludes halogenated alkanes) is 1. The molecule has 0 unspecified atom stereocenters. The minimum absolute atomic E-state index is 0.0301. The number of hydrogen-bond donors (Lipinski definition) is 3. The molecule has 6 heteroatoms. The van der Waals surface area contributed by atoms with Crippen LogP contribution in [-0.4, -0.2) is 47.9 Å². The van der Waals surface area contributed by atoms with Crippen molar-refractivity contribution in [2.75, 3.05) is 26.8 Å². The second-order valence-corrected chi connectivity index (χ2v) is 2.71. The molecule has 0 aromatic heterocycles. The molecule has 0 saturated heterocycles. The maximum absolute atomic E-state index is 11.1. The van der Waals surface area contributed by atoms with Crippen LogP contribution in [-0.2, 0) is 4.74 Å². The summed E-state index contributed by atoms with van der Waals surface area (Å²) in [6.07, 6.45) is 1.93. The van der Waals surface area contributed by atoms with Crippen LogP contribution in [0, 0.1) is 0 Å². The molecule has 6 nitrogen and oxygen atoms in total. The van der Waals surface area contributed by atoms with Gasteiger partial charge in [0.15, 0.2) is 0 Å². The van der Waals surface area contributed by atoms with E-state index in [1.807, 2.05) is 6.92 Å². The molecule has 0 aliphatic rings. The molecule has 0 aliphatic heterocycles. The predicted molar refractivity (Wildman–Crippen MR) is 50.3 cm³/mol. The Morgan fingerprint density at radius 3 is 2.71 bits per heavy atom. The van der Waals surface area contributed by atoms with Crippen molar-refractivity contribution < 1.29 is 19.7 Å². The fourth-order valence-electron chi connectivity index (χ4n) is 0.764. The molecular formula is C8H18N2O4. The van der Waals surface area contributed by atoms with Gasteiger partial charge in [0.1, 0.15) is 20.2 Å². The number of hydrogen-bond acceptors (Lipinski definition) is 4. The van der Waals surface area contributed by atoms with Gasteiger partial charge >= 0.3 is 6.03 Å². The Hall–Kier alpha value is -0.850. The highest BCUT2D eigenvalue weighted by molar-refractivity contribution is 5.73. The lowest BCUT2D eigenvalue weighted by Crippen LogP contribution is -2.42. The first-order valence-corrected chi connectivity index (χ1v) is 4.58. The van der Waals surface area contributed by atoms with Gasteiger partial charge in [0.25, 0.3) is 0 Å². The molecule has 2 amide bonds. The molecule has 0 bridgehead atoms. The fraction of sp³-hybridized carbons (Fsp3) is 0.875. The Kier molecular flexibility index (Phi) is 8.20.